The number of halogens is 1. The van der Waals surface area contributed by atoms with E-state index in [1.54, 1.807) is 0 Å². The zero-order valence-corrected chi connectivity index (χ0v) is 18.5. The molecular weight excluding hydrogens is 428 g/mol. The summed E-state index contributed by atoms with van der Waals surface area (Å²) in [5.74, 6) is 0.680. The highest BCUT2D eigenvalue weighted by Gasteiger charge is 2.19. The molecule has 1 aliphatic rings. The molecule has 0 aliphatic carbocycles. The molecule has 5 aromatic rings. The van der Waals surface area contributed by atoms with Crippen LogP contribution in [-0.2, 0) is 0 Å². The second-order valence-corrected chi connectivity index (χ2v) is 8.38. The van der Waals surface area contributed by atoms with E-state index in [9.17, 15) is 0 Å². The summed E-state index contributed by atoms with van der Waals surface area (Å²) in [6.45, 7) is 0. The summed E-state index contributed by atoms with van der Waals surface area (Å²) in [7, 11) is 0. The summed E-state index contributed by atoms with van der Waals surface area (Å²) in [5, 5.41) is 2.70. The fraction of sp³-hybridized carbons (Fsp3) is 0.0345. The van der Waals surface area contributed by atoms with Gasteiger partial charge in [0.15, 0.2) is 5.84 Å². The molecule has 4 aromatic carbocycles. The van der Waals surface area contributed by atoms with E-state index in [1.807, 2.05) is 78.9 Å². The standard InChI is InChI=1S/C29H19ClN2O/c30-21-17-23(28-22-13-7-8-14-26(22)33-27(28)18-21)25-16-15-24(19-9-3-1-4-10-19)31-29(32-25)20-11-5-2-6-12-20/h1-15,17-18H,16H2. The molecule has 0 radical (unpaired) electrons. The lowest BCUT2D eigenvalue weighted by Gasteiger charge is -2.08. The Morgan fingerprint density at radius 1 is 0.697 bits per heavy atom. The Kier molecular flexibility index (Phi) is 4.89. The number of hydrogen-bond donors (Lipinski definition) is 0. The van der Waals surface area contributed by atoms with Crippen LogP contribution in [0.1, 0.15) is 23.1 Å². The van der Waals surface area contributed by atoms with Crippen molar-refractivity contribution in [3.63, 3.8) is 0 Å². The van der Waals surface area contributed by atoms with Crippen LogP contribution in [0.15, 0.2) is 118 Å². The highest BCUT2D eigenvalue weighted by atomic mass is 35.5. The van der Waals surface area contributed by atoms with Crippen molar-refractivity contribution in [2.75, 3.05) is 0 Å². The molecule has 33 heavy (non-hydrogen) atoms. The Labute approximate surface area is 196 Å². The van der Waals surface area contributed by atoms with E-state index >= 15 is 0 Å². The van der Waals surface area contributed by atoms with Crippen molar-refractivity contribution in [1.29, 1.82) is 0 Å². The molecule has 0 N–H and O–H groups in total. The lowest BCUT2D eigenvalue weighted by Crippen LogP contribution is -2.05. The van der Waals surface area contributed by atoms with Gasteiger partial charge in [-0.15, -0.1) is 0 Å². The van der Waals surface area contributed by atoms with Gasteiger partial charge in [0.2, 0.25) is 0 Å². The first-order valence-electron chi connectivity index (χ1n) is 10.8. The van der Waals surface area contributed by atoms with Crippen molar-refractivity contribution in [1.82, 2.24) is 0 Å². The van der Waals surface area contributed by atoms with Gasteiger partial charge in [-0.2, -0.15) is 0 Å². The summed E-state index contributed by atoms with van der Waals surface area (Å²) in [4.78, 5) is 10.1. The van der Waals surface area contributed by atoms with Gasteiger partial charge in [-0.05, 0) is 17.7 Å². The van der Waals surface area contributed by atoms with Crippen LogP contribution in [0, 0.1) is 0 Å². The van der Waals surface area contributed by atoms with E-state index in [2.05, 4.69) is 24.3 Å². The van der Waals surface area contributed by atoms with Crippen LogP contribution in [0.3, 0.4) is 0 Å². The lowest BCUT2D eigenvalue weighted by molar-refractivity contribution is 0.669. The third-order valence-electron chi connectivity index (χ3n) is 5.81. The van der Waals surface area contributed by atoms with Crippen LogP contribution in [0.2, 0.25) is 5.02 Å². The van der Waals surface area contributed by atoms with E-state index in [0.717, 1.165) is 50.0 Å². The number of rotatable bonds is 3. The molecule has 6 rings (SSSR count). The summed E-state index contributed by atoms with van der Waals surface area (Å²) < 4.78 is 6.11. The monoisotopic (exact) mass is 446 g/mol. The van der Waals surface area contributed by atoms with Crippen LogP contribution in [0.4, 0.5) is 0 Å². The molecule has 0 atom stereocenters. The second-order valence-electron chi connectivity index (χ2n) is 7.94. The molecule has 0 amide bonds. The van der Waals surface area contributed by atoms with Crippen molar-refractivity contribution in [3.8, 4) is 0 Å². The molecule has 0 unspecified atom stereocenters. The van der Waals surface area contributed by atoms with Crippen LogP contribution < -0.4 is 0 Å². The van der Waals surface area contributed by atoms with Gasteiger partial charge in [0.05, 0.1) is 11.4 Å². The first-order valence-corrected chi connectivity index (χ1v) is 11.2. The van der Waals surface area contributed by atoms with E-state index in [4.69, 9.17) is 26.0 Å². The number of allylic oxidation sites excluding steroid dienone is 1. The molecule has 4 heteroatoms. The fourth-order valence-electron chi connectivity index (χ4n) is 4.28. The maximum atomic E-state index is 6.53. The molecule has 0 bridgehead atoms. The van der Waals surface area contributed by atoms with Gasteiger partial charge < -0.3 is 4.42 Å². The largest absolute Gasteiger partial charge is 0.456 e. The maximum absolute atomic E-state index is 6.53. The van der Waals surface area contributed by atoms with Crippen LogP contribution in [0.5, 0.6) is 0 Å². The molecule has 1 aromatic heterocycles. The van der Waals surface area contributed by atoms with E-state index < -0.39 is 0 Å². The number of nitrogens with zero attached hydrogens (tertiary/aromatic N) is 2. The minimum atomic E-state index is 0.619. The molecule has 158 valence electrons. The summed E-state index contributed by atoms with van der Waals surface area (Å²) in [6, 6.07) is 32.2. The first-order chi connectivity index (χ1) is 16.3. The zero-order chi connectivity index (χ0) is 22.2. The lowest BCUT2D eigenvalue weighted by atomic mass is 9.99. The number of aliphatic imine (C=N–C) groups is 2. The number of benzene rings is 4. The Morgan fingerprint density at radius 3 is 2.18 bits per heavy atom. The predicted octanol–water partition coefficient (Wildman–Crippen LogP) is 7.92. The Balaban J connectivity index is 1.59. The van der Waals surface area contributed by atoms with Crippen molar-refractivity contribution in [2.45, 2.75) is 6.42 Å². The number of hydrogen-bond acceptors (Lipinski definition) is 3. The molecule has 0 fully saturated rings. The van der Waals surface area contributed by atoms with Gasteiger partial charge in [-0.1, -0.05) is 96.5 Å². The zero-order valence-electron chi connectivity index (χ0n) is 17.7. The highest BCUT2D eigenvalue weighted by Crippen LogP contribution is 2.35. The van der Waals surface area contributed by atoms with Crippen molar-refractivity contribution in [2.24, 2.45) is 9.98 Å². The molecule has 0 saturated heterocycles. The highest BCUT2D eigenvalue weighted by molar-refractivity contribution is 6.33. The van der Waals surface area contributed by atoms with Gasteiger partial charge in [-0.25, -0.2) is 9.98 Å². The van der Waals surface area contributed by atoms with Crippen LogP contribution in [-0.4, -0.2) is 11.5 Å². The fourth-order valence-corrected chi connectivity index (χ4v) is 4.49. The molecule has 1 aliphatic heterocycles. The number of fused-ring (bicyclic) bond motifs is 3. The van der Waals surface area contributed by atoms with E-state index in [1.165, 1.54) is 0 Å². The minimum Gasteiger partial charge on any atom is -0.456 e. The van der Waals surface area contributed by atoms with E-state index in [-0.39, 0.29) is 0 Å². The average Bonchev–Trinajstić information content (AvgIpc) is 3.08. The second kappa shape index (κ2) is 8.19. The quantitative estimate of drug-likeness (QED) is 0.277. The minimum absolute atomic E-state index is 0.619. The van der Waals surface area contributed by atoms with Crippen molar-refractivity contribution < 1.29 is 4.42 Å². The van der Waals surface area contributed by atoms with Crippen molar-refractivity contribution >= 4 is 50.8 Å². The maximum Gasteiger partial charge on any atom is 0.160 e. The third kappa shape index (κ3) is 3.67. The van der Waals surface area contributed by atoms with Gasteiger partial charge >= 0.3 is 0 Å². The molecule has 2 heterocycles. The third-order valence-corrected chi connectivity index (χ3v) is 6.03. The Morgan fingerprint density at radius 2 is 1.39 bits per heavy atom. The predicted molar refractivity (Wildman–Crippen MR) is 137 cm³/mol. The summed E-state index contributed by atoms with van der Waals surface area (Å²) >= 11 is 6.53. The van der Waals surface area contributed by atoms with Crippen LogP contribution >= 0.6 is 11.6 Å². The molecule has 0 spiro atoms. The Bertz CT molecular complexity index is 1580. The first kappa shape index (κ1) is 19.7. The van der Waals surface area contributed by atoms with Crippen molar-refractivity contribution in [3.05, 3.63) is 125 Å². The molecule has 3 nitrogen and oxygen atoms in total. The summed E-state index contributed by atoms with van der Waals surface area (Å²) in [5.41, 5.74) is 6.41. The Hall–Kier alpha value is -3.95. The molecule has 0 saturated carbocycles. The number of para-hydroxylation sites is 1. The number of amidine groups is 1. The molecular formula is C29H19ClN2O. The van der Waals surface area contributed by atoms with Gasteiger partial charge in [0, 0.05) is 39.4 Å². The average molecular weight is 447 g/mol. The van der Waals surface area contributed by atoms with E-state index in [0.29, 0.717) is 17.3 Å². The van der Waals surface area contributed by atoms with Crippen LogP contribution in [0.25, 0.3) is 27.6 Å². The van der Waals surface area contributed by atoms with Gasteiger partial charge in [0.25, 0.3) is 0 Å². The van der Waals surface area contributed by atoms with Gasteiger partial charge in [0.1, 0.15) is 11.2 Å². The topological polar surface area (TPSA) is 37.9 Å². The summed E-state index contributed by atoms with van der Waals surface area (Å²) in [6.07, 6.45) is 2.76. The smallest absolute Gasteiger partial charge is 0.160 e. The number of furan rings is 1. The SMILES string of the molecule is Clc1cc(C2=NC(c3ccccc3)=NC(c3ccccc3)=CC2)c2c(c1)oc1ccccc12. The van der Waals surface area contributed by atoms with Gasteiger partial charge in [-0.3, -0.25) is 0 Å². The normalized spacial score (nSPS) is 14.0.